The van der Waals surface area contributed by atoms with Crippen LogP contribution in [0, 0.1) is 0 Å². The zero-order chi connectivity index (χ0) is 8.65. The molecule has 0 spiro atoms. The molecular weight excluding hydrogens is 192 g/mol. The van der Waals surface area contributed by atoms with Crippen LogP contribution in [0.4, 0.5) is 0 Å². The molecule has 0 bridgehead atoms. The lowest BCUT2D eigenvalue weighted by Crippen LogP contribution is -1.80. The number of halogens is 1. The molecule has 0 atom stereocenters. The summed E-state index contributed by atoms with van der Waals surface area (Å²) < 4.78 is 0. The zero-order valence-corrected chi connectivity index (χ0v) is 8.05. The van der Waals surface area contributed by atoms with E-state index in [1.54, 1.807) is 30.4 Å². The summed E-state index contributed by atoms with van der Waals surface area (Å²) in [6, 6.07) is 0. The smallest absolute Gasteiger partial charge is 0.115 e. The molecule has 0 saturated heterocycles. The minimum Gasteiger partial charge on any atom is -0.260 e. The molecule has 0 radical (unpaired) electrons. The van der Waals surface area contributed by atoms with Crippen LogP contribution in [0.25, 0.3) is 0 Å². The summed E-state index contributed by atoms with van der Waals surface area (Å²) in [5.41, 5.74) is 0. The fourth-order valence-corrected chi connectivity index (χ4v) is 1.42. The van der Waals surface area contributed by atoms with Crippen molar-refractivity contribution in [3.8, 4) is 0 Å². The van der Waals surface area contributed by atoms with E-state index < -0.39 is 0 Å². The van der Waals surface area contributed by atoms with E-state index in [2.05, 4.69) is 9.97 Å². The van der Waals surface area contributed by atoms with E-state index in [1.165, 1.54) is 0 Å². The first-order chi connectivity index (χ1) is 5.93. The molecule has 2 nitrogen and oxygen atoms in total. The zero-order valence-electron chi connectivity index (χ0n) is 6.48. The summed E-state index contributed by atoms with van der Waals surface area (Å²) in [4.78, 5) is 8.06. The molecule has 0 aromatic carbocycles. The van der Waals surface area contributed by atoms with Crippen LogP contribution < -0.4 is 0 Å². The lowest BCUT2D eigenvalue weighted by atomic mass is 10.6. The Hall–Kier alpha value is -0.540. The van der Waals surface area contributed by atoms with Crippen molar-refractivity contribution < 1.29 is 0 Å². The molecule has 0 aliphatic heterocycles. The van der Waals surface area contributed by atoms with Gasteiger partial charge in [-0.25, -0.2) is 4.98 Å². The van der Waals surface area contributed by atoms with Crippen LogP contribution in [0.1, 0.15) is 0 Å². The molecule has 1 heterocycles. The molecule has 1 rings (SSSR count). The first-order valence-corrected chi connectivity index (χ1v) is 5.05. The number of nitrogens with zero attached hydrogens (tertiary/aromatic N) is 2. The van der Waals surface area contributed by atoms with Crippen LogP contribution in [0.2, 0.25) is 0 Å². The molecule has 4 heteroatoms. The lowest BCUT2D eigenvalue weighted by molar-refractivity contribution is 1.06. The summed E-state index contributed by atoms with van der Waals surface area (Å²) in [5.74, 6) is 1.46. The highest BCUT2D eigenvalue weighted by molar-refractivity contribution is 7.99. The molecule has 12 heavy (non-hydrogen) atoms. The van der Waals surface area contributed by atoms with Gasteiger partial charge in [0.1, 0.15) is 5.03 Å². The van der Waals surface area contributed by atoms with Gasteiger partial charge in [-0.05, 0) is 0 Å². The molecule has 0 saturated carbocycles. The largest absolute Gasteiger partial charge is 0.260 e. The van der Waals surface area contributed by atoms with Crippen LogP contribution in [0.15, 0.2) is 35.8 Å². The quantitative estimate of drug-likeness (QED) is 0.424. The van der Waals surface area contributed by atoms with Crippen molar-refractivity contribution in [2.45, 2.75) is 5.03 Å². The van der Waals surface area contributed by atoms with Gasteiger partial charge in [0.05, 0.1) is 6.20 Å². The Balaban J connectivity index is 2.29. The average Bonchev–Trinajstić information content (AvgIpc) is 2.14. The second-order valence-electron chi connectivity index (χ2n) is 1.98. The Morgan fingerprint density at radius 3 is 3.00 bits per heavy atom. The molecule has 0 aliphatic carbocycles. The maximum atomic E-state index is 5.46. The summed E-state index contributed by atoms with van der Waals surface area (Å²) in [7, 11) is 0. The van der Waals surface area contributed by atoms with E-state index in [0.29, 0.717) is 5.88 Å². The predicted octanol–water partition coefficient (Wildman–Crippen LogP) is 2.36. The summed E-state index contributed by atoms with van der Waals surface area (Å²) >= 11 is 7.10. The number of thioether (sulfide) groups is 1. The minimum atomic E-state index is 0.570. The SMILES string of the molecule is ClCC=CCSc1cnccn1. The van der Waals surface area contributed by atoms with Crippen LogP contribution in [0.3, 0.4) is 0 Å². The van der Waals surface area contributed by atoms with Gasteiger partial charge in [-0.15, -0.1) is 23.4 Å². The van der Waals surface area contributed by atoms with Gasteiger partial charge in [-0.2, -0.15) is 0 Å². The van der Waals surface area contributed by atoms with Gasteiger partial charge in [-0.3, -0.25) is 4.98 Å². The number of aromatic nitrogens is 2. The van der Waals surface area contributed by atoms with Gasteiger partial charge in [0.25, 0.3) is 0 Å². The average molecular weight is 201 g/mol. The minimum absolute atomic E-state index is 0.570. The number of hydrogen-bond acceptors (Lipinski definition) is 3. The van der Waals surface area contributed by atoms with Crippen molar-refractivity contribution >= 4 is 23.4 Å². The van der Waals surface area contributed by atoms with Gasteiger partial charge in [0.15, 0.2) is 0 Å². The Kier molecular flexibility index (Phi) is 4.80. The van der Waals surface area contributed by atoms with Crippen molar-refractivity contribution in [2.75, 3.05) is 11.6 Å². The van der Waals surface area contributed by atoms with Crippen LogP contribution in [0.5, 0.6) is 0 Å². The third kappa shape index (κ3) is 3.74. The number of alkyl halides is 1. The lowest BCUT2D eigenvalue weighted by Gasteiger charge is -1.93. The van der Waals surface area contributed by atoms with Gasteiger partial charge in [0.2, 0.25) is 0 Å². The molecule has 1 aromatic rings. The highest BCUT2D eigenvalue weighted by atomic mass is 35.5. The first kappa shape index (κ1) is 9.55. The van der Waals surface area contributed by atoms with Gasteiger partial charge in [-0.1, -0.05) is 12.2 Å². The van der Waals surface area contributed by atoms with E-state index in [1.807, 2.05) is 12.2 Å². The topological polar surface area (TPSA) is 25.8 Å². The Bertz CT molecular complexity index is 238. The molecule has 0 fully saturated rings. The van der Waals surface area contributed by atoms with Crippen molar-refractivity contribution in [1.29, 1.82) is 0 Å². The van der Waals surface area contributed by atoms with E-state index >= 15 is 0 Å². The molecule has 0 amide bonds. The maximum absolute atomic E-state index is 5.46. The fourth-order valence-electron chi connectivity index (χ4n) is 0.624. The van der Waals surface area contributed by atoms with Crippen molar-refractivity contribution in [3.63, 3.8) is 0 Å². The summed E-state index contributed by atoms with van der Waals surface area (Å²) in [5, 5.41) is 0.941. The van der Waals surface area contributed by atoms with E-state index in [4.69, 9.17) is 11.6 Å². The van der Waals surface area contributed by atoms with Crippen molar-refractivity contribution in [3.05, 3.63) is 30.7 Å². The number of rotatable bonds is 4. The van der Waals surface area contributed by atoms with Gasteiger partial charge in [0, 0.05) is 24.0 Å². The number of allylic oxidation sites excluding steroid dienone is 1. The Labute approximate surface area is 81.1 Å². The van der Waals surface area contributed by atoms with Crippen molar-refractivity contribution in [2.24, 2.45) is 0 Å². The Morgan fingerprint density at radius 2 is 2.33 bits per heavy atom. The van der Waals surface area contributed by atoms with E-state index in [9.17, 15) is 0 Å². The molecule has 0 aliphatic rings. The van der Waals surface area contributed by atoms with Crippen LogP contribution in [-0.2, 0) is 0 Å². The predicted molar refractivity (Wildman–Crippen MR) is 52.6 cm³/mol. The van der Waals surface area contributed by atoms with Crippen LogP contribution >= 0.6 is 23.4 Å². The second kappa shape index (κ2) is 6.03. The third-order valence-corrected chi connectivity index (χ3v) is 2.17. The Morgan fingerprint density at radius 1 is 1.42 bits per heavy atom. The summed E-state index contributed by atoms with van der Waals surface area (Å²) in [6.07, 6.45) is 9.04. The van der Waals surface area contributed by atoms with Gasteiger partial charge < -0.3 is 0 Å². The molecule has 0 unspecified atom stereocenters. The first-order valence-electron chi connectivity index (χ1n) is 3.53. The summed E-state index contributed by atoms with van der Waals surface area (Å²) in [6.45, 7) is 0. The standard InChI is InChI=1S/C8H9ClN2S/c9-3-1-2-6-12-8-7-10-4-5-11-8/h1-2,4-5,7H,3,6H2. The second-order valence-corrected chi connectivity index (χ2v) is 3.33. The number of hydrogen-bond donors (Lipinski definition) is 0. The van der Waals surface area contributed by atoms with Crippen molar-refractivity contribution in [1.82, 2.24) is 9.97 Å². The normalized spacial score (nSPS) is 10.8. The van der Waals surface area contributed by atoms with E-state index in [0.717, 1.165) is 10.8 Å². The maximum Gasteiger partial charge on any atom is 0.115 e. The highest BCUT2D eigenvalue weighted by Crippen LogP contribution is 2.12. The van der Waals surface area contributed by atoms with Crippen LogP contribution in [-0.4, -0.2) is 21.6 Å². The molecule has 0 N–H and O–H groups in total. The monoisotopic (exact) mass is 200 g/mol. The third-order valence-electron chi connectivity index (χ3n) is 1.12. The van der Waals surface area contributed by atoms with E-state index in [-0.39, 0.29) is 0 Å². The fraction of sp³-hybridized carbons (Fsp3) is 0.250. The molecule has 1 aromatic heterocycles. The molecular formula is C8H9ClN2S. The molecule has 64 valence electrons. The highest BCUT2D eigenvalue weighted by Gasteiger charge is 1.89. The van der Waals surface area contributed by atoms with Gasteiger partial charge >= 0.3 is 0 Å².